The van der Waals surface area contributed by atoms with Crippen molar-refractivity contribution in [3.8, 4) is 0 Å². The van der Waals surface area contributed by atoms with E-state index in [1.807, 2.05) is 0 Å². The number of aliphatic imine (C=N–C) groups is 1. The maximum absolute atomic E-state index is 13.4. The first kappa shape index (κ1) is 16.5. The van der Waals surface area contributed by atoms with Crippen molar-refractivity contribution in [3.63, 3.8) is 0 Å². The van der Waals surface area contributed by atoms with Crippen molar-refractivity contribution in [2.75, 3.05) is 7.11 Å². The molecule has 1 aromatic rings. The normalized spacial score (nSPS) is 11.3. The van der Waals surface area contributed by atoms with Gasteiger partial charge in [0.05, 0.1) is 22.8 Å². The lowest BCUT2D eigenvalue weighted by molar-refractivity contribution is 0.0599. The van der Waals surface area contributed by atoms with Crippen molar-refractivity contribution in [2.24, 2.45) is 4.99 Å². The Morgan fingerprint density at radius 3 is 2.74 bits per heavy atom. The van der Waals surface area contributed by atoms with E-state index in [2.05, 4.69) is 37.3 Å². The van der Waals surface area contributed by atoms with E-state index in [4.69, 9.17) is 17.0 Å². The van der Waals surface area contributed by atoms with Crippen LogP contribution in [0.3, 0.4) is 0 Å². The van der Waals surface area contributed by atoms with Gasteiger partial charge in [0.1, 0.15) is 10.9 Å². The van der Waals surface area contributed by atoms with Gasteiger partial charge in [-0.25, -0.2) is 14.2 Å². The third kappa shape index (κ3) is 4.20. The molecule has 0 heterocycles. The van der Waals surface area contributed by atoms with Crippen LogP contribution in [0, 0.1) is 11.2 Å². The van der Waals surface area contributed by atoms with E-state index in [1.54, 1.807) is 0 Å². The van der Waals surface area contributed by atoms with E-state index < -0.39 is 11.8 Å². The average Bonchev–Trinajstić information content (AvgIpc) is 2.37. The van der Waals surface area contributed by atoms with Crippen LogP contribution in [0.25, 0.3) is 0 Å². The fourth-order valence-electron chi connectivity index (χ4n) is 1.13. The smallest absolute Gasteiger partial charge is 0.339 e. The second kappa shape index (κ2) is 7.28. The molecule has 0 aliphatic rings. The molecule has 0 radical (unpaired) electrons. The molecule has 0 atom stereocenters. The summed E-state index contributed by atoms with van der Waals surface area (Å²) in [4.78, 5) is 15.4. The number of esters is 1. The van der Waals surface area contributed by atoms with Crippen LogP contribution in [0.15, 0.2) is 21.6 Å². The monoisotopic (exact) mass is 384 g/mol. The lowest BCUT2D eigenvalue weighted by Crippen LogP contribution is -2.04. The predicted octanol–water partition coefficient (Wildman–Crippen LogP) is 4.20. The zero-order valence-electron chi connectivity index (χ0n) is 9.41. The Morgan fingerprint density at radius 2 is 2.26 bits per heavy atom. The molecule has 0 aliphatic heterocycles. The van der Waals surface area contributed by atoms with Crippen LogP contribution in [0.1, 0.15) is 10.4 Å². The number of carbonyl (C=O) groups excluding carboxylic acids is 1. The minimum atomic E-state index is -0.705. The van der Waals surface area contributed by atoms with Gasteiger partial charge in [0, 0.05) is 6.07 Å². The lowest BCUT2D eigenvalue weighted by atomic mass is 10.2. The van der Waals surface area contributed by atoms with Gasteiger partial charge in [0.2, 0.25) is 0 Å². The third-order valence-corrected chi connectivity index (χ3v) is 4.03. The van der Waals surface area contributed by atoms with Crippen molar-refractivity contribution in [2.45, 2.75) is 0 Å². The Morgan fingerprint density at radius 1 is 1.63 bits per heavy atom. The molecule has 0 aliphatic carbocycles. The zero-order chi connectivity index (χ0) is 14.6. The number of nitrogens with one attached hydrogen (secondary N) is 1. The maximum Gasteiger partial charge on any atom is 0.339 e. The molecule has 0 saturated carbocycles. The first-order valence-electron chi connectivity index (χ1n) is 4.62. The maximum atomic E-state index is 13.4. The summed E-state index contributed by atoms with van der Waals surface area (Å²) < 4.78 is 18.2. The molecule has 4 nitrogen and oxygen atoms in total. The van der Waals surface area contributed by atoms with Gasteiger partial charge < -0.3 is 4.74 Å². The Balaban J connectivity index is 3.41. The zero-order valence-corrected chi connectivity index (χ0v) is 13.5. The number of hydrogen-bond acceptors (Lipinski definition) is 6. The van der Waals surface area contributed by atoms with E-state index in [0.29, 0.717) is 0 Å². The number of thiol groups is 1. The van der Waals surface area contributed by atoms with Crippen LogP contribution in [0.2, 0.25) is 0 Å². The second-order valence-electron chi connectivity index (χ2n) is 3.10. The van der Waals surface area contributed by atoms with Gasteiger partial charge in [-0.1, -0.05) is 11.6 Å². The highest BCUT2D eigenvalue weighted by molar-refractivity contribution is 9.10. The van der Waals surface area contributed by atoms with Gasteiger partial charge in [-0.3, -0.25) is 5.41 Å². The standard InChI is InChI=1S/C10H7BrClFN2O2S2/c1-17-10(16)5-2-4(13)3-6(7(5)11)15-9(19-18)8(12)14/h2-3,14,18H,1H3. The molecule has 0 unspecified atom stereocenters. The van der Waals surface area contributed by atoms with Gasteiger partial charge in [-0.15, -0.1) is 11.7 Å². The summed E-state index contributed by atoms with van der Waals surface area (Å²) in [7, 11) is 2.02. The molecule has 102 valence electrons. The summed E-state index contributed by atoms with van der Waals surface area (Å²) in [6.07, 6.45) is 0. The molecular formula is C10H7BrClFN2O2S2. The second-order valence-corrected chi connectivity index (χ2v) is 5.39. The van der Waals surface area contributed by atoms with E-state index in [0.717, 1.165) is 22.9 Å². The number of nitrogens with zero attached hydrogens (tertiary/aromatic N) is 1. The average molecular weight is 386 g/mol. The first-order chi connectivity index (χ1) is 8.90. The number of benzene rings is 1. The molecule has 9 heteroatoms. The molecule has 0 aromatic heterocycles. The summed E-state index contributed by atoms with van der Waals surface area (Å²) in [5.74, 6) is -1.36. The van der Waals surface area contributed by atoms with Crippen molar-refractivity contribution in [1.82, 2.24) is 0 Å². The van der Waals surface area contributed by atoms with Gasteiger partial charge in [-0.05, 0) is 32.8 Å². The number of methoxy groups -OCH3 is 1. The Labute approximate surface area is 131 Å². The highest BCUT2D eigenvalue weighted by Crippen LogP contribution is 2.32. The quantitative estimate of drug-likeness (QED) is 0.269. The number of carbonyl (C=O) groups is 1. The molecule has 1 N–H and O–H groups in total. The number of halogens is 3. The highest BCUT2D eigenvalue weighted by atomic mass is 79.9. The van der Waals surface area contributed by atoms with Crippen LogP contribution >= 0.6 is 50.0 Å². The summed E-state index contributed by atoms with van der Waals surface area (Å²) in [6.45, 7) is 0. The molecular weight excluding hydrogens is 379 g/mol. The summed E-state index contributed by atoms with van der Waals surface area (Å²) in [6, 6.07) is 2.12. The topological polar surface area (TPSA) is 62.5 Å². The first-order valence-corrected chi connectivity index (χ1v) is 7.66. The molecule has 0 fully saturated rings. The molecule has 0 spiro atoms. The minimum absolute atomic E-state index is 0.00846. The summed E-state index contributed by atoms with van der Waals surface area (Å²) >= 11 is 12.5. The minimum Gasteiger partial charge on any atom is -0.465 e. The van der Waals surface area contributed by atoms with E-state index in [1.165, 1.54) is 7.11 Å². The van der Waals surface area contributed by atoms with E-state index in [-0.39, 0.29) is 25.9 Å². The molecule has 1 aromatic carbocycles. The lowest BCUT2D eigenvalue weighted by Gasteiger charge is -2.07. The molecule has 0 saturated heterocycles. The third-order valence-electron chi connectivity index (χ3n) is 1.92. The van der Waals surface area contributed by atoms with Crippen molar-refractivity contribution in [1.29, 1.82) is 5.41 Å². The van der Waals surface area contributed by atoms with Gasteiger partial charge in [-0.2, -0.15) is 0 Å². The molecule has 0 amide bonds. The summed E-state index contributed by atoms with van der Waals surface area (Å²) in [5, 5.41) is 7.00. The van der Waals surface area contributed by atoms with E-state index in [9.17, 15) is 9.18 Å². The van der Waals surface area contributed by atoms with Crippen LogP contribution < -0.4 is 0 Å². The number of hydrogen-bond donors (Lipinski definition) is 2. The number of ether oxygens (including phenoxy) is 1. The van der Waals surface area contributed by atoms with Crippen LogP contribution in [-0.4, -0.2) is 23.3 Å². The van der Waals surface area contributed by atoms with Gasteiger partial charge >= 0.3 is 5.97 Å². The van der Waals surface area contributed by atoms with Crippen LogP contribution in [0.4, 0.5) is 10.1 Å². The molecule has 19 heavy (non-hydrogen) atoms. The highest BCUT2D eigenvalue weighted by Gasteiger charge is 2.16. The van der Waals surface area contributed by atoms with E-state index >= 15 is 0 Å². The Hall–Kier alpha value is -0.570. The fourth-order valence-corrected chi connectivity index (χ4v) is 2.55. The van der Waals surface area contributed by atoms with Crippen molar-refractivity contribution in [3.05, 3.63) is 28.0 Å². The molecule has 0 bridgehead atoms. The van der Waals surface area contributed by atoms with Crippen LogP contribution in [0.5, 0.6) is 0 Å². The van der Waals surface area contributed by atoms with Crippen molar-refractivity contribution < 1.29 is 13.9 Å². The SMILES string of the molecule is COC(=O)c1cc(F)cc(N=C(SS)C(=N)Cl)c1Br. The molecule has 1 rings (SSSR count). The Bertz CT molecular complexity index is 569. The fraction of sp³-hybridized carbons (Fsp3) is 0.100. The summed E-state index contributed by atoms with van der Waals surface area (Å²) in [5.41, 5.74) is 0.105. The Kier molecular flexibility index (Phi) is 6.31. The number of rotatable bonds is 3. The largest absolute Gasteiger partial charge is 0.465 e. The van der Waals surface area contributed by atoms with Crippen molar-refractivity contribution >= 4 is 71.9 Å². The predicted molar refractivity (Wildman–Crippen MR) is 82.7 cm³/mol. The van der Waals surface area contributed by atoms with Crippen LogP contribution in [-0.2, 0) is 4.74 Å². The van der Waals surface area contributed by atoms with Gasteiger partial charge in [0.15, 0.2) is 5.17 Å². The van der Waals surface area contributed by atoms with Gasteiger partial charge in [0.25, 0.3) is 0 Å².